The first-order valence-corrected chi connectivity index (χ1v) is 3.64. The minimum atomic E-state index is -0.599. The summed E-state index contributed by atoms with van der Waals surface area (Å²) >= 11 is 5.48. The Kier molecular flexibility index (Phi) is 2.51. The molecule has 0 aliphatic rings. The van der Waals surface area contributed by atoms with E-state index in [4.69, 9.17) is 22.6 Å². The van der Waals surface area contributed by atoms with Crippen LogP contribution in [0.4, 0.5) is 10.1 Å². The highest BCUT2D eigenvalue weighted by atomic mass is 35.5. The maximum atomic E-state index is 13.1. The smallest absolute Gasteiger partial charge is 0.148 e. The first-order chi connectivity index (χ1) is 5.66. The van der Waals surface area contributed by atoms with Crippen LogP contribution < -0.4 is 5.73 Å². The van der Waals surface area contributed by atoms with Gasteiger partial charge in [0.1, 0.15) is 5.82 Å². The molecule has 0 aromatic heterocycles. The van der Waals surface area contributed by atoms with Gasteiger partial charge in [-0.05, 0) is 12.1 Å². The third-order valence-corrected chi connectivity index (χ3v) is 1.78. The van der Waals surface area contributed by atoms with Crippen molar-refractivity contribution >= 4 is 17.3 Å². The van der Waals surface area contributed by atoms with Gasteiger partial charge in [-0.2, -0.15) is 5.26 Å². The second kappa shape index (κ2) is 3.42. The molecule has 0 fully saturated rings. The van der Waals surface area contributed by atoms with Crippen molar-refractivity contribution in [3.63, 3.8) is 0 Å². The Balaban J connectivity index is 3.25. The molecule has 1 aromatic carbocycles. The van der Waals surface area contributed by atoms with Crippen molar-refractivity contribution in [1.82, 2.24) is 0 Å². The summed E-state index contributed by atoms with van der Waals surface area (Å²) in [6.45, 7) is 0. The van der Waals surface area contributed by atoms with E-state index in [0.29, 0.717) is 0 Å². The van der Waals surface area contributed by atoms with E-state index in [9.17, 15) is 4.39 Å². The van der Waals surface area contributed by atoms with Gasteiger partial charge in [-0.25, -0.2) is 4.39 Å². The van der Waals surface area contributed by atoms with Crippen molar-refractivity contribution in [3.8, 4) is 6.07 Å². The average Bonchev–Trinajstić information content (AvgIpc) is 2.06. The van der Waals surface area contributed by atoms with Crippen molar-refractivity contribution in [2.24, 2.45) is 0 Å². The summed E-state index contributed by atoms with van der Waals surface area (Å²) in [6.07, 6.45) is -0.0573. The van der Waals surface area contributed by atoms with Gasteiger partial charge >= 0.3 is 0 Å². The van der Waals surface area contributed by atoms with Crippen LogP contribution in [0.3, 0.4) is 0 Å². The van der Waals surface area contributed by atoms with Gasteiger partial charge in [-0.1, -0.05) is 11.6 Å². The van der Waals surface area contributed by atoms with Crippen LogP contribution in [0.1, 0.15) is 5.56 Å². The molecular weight excluding hydrogens is 179 g/mol. The van der Waals surface area contributed by atoms with Crippen molar-refractivity contribution in [3.05, 3.63) is 28.5 Å². The fourth-order valence-electron chi connectivity index (χ4n) is 0.866. The van der Waals surface area contributed by atoms with Gasteiger partial charge in [0.05, 0.1) is 17.5 Å². The number of nitrogen functional groups attached to an aromatic ring is 1. The van der Waals surface area contributed by atoms with Crippen molar-refractivity contribution in [2.45, 2.75) is 6.42 Å². The molecule has 12 heavy (non-hydrogen) atoms. The standard InChI is InChI=1S/C8H6ClFN2/c9-6-1-2-7(12)5(3-4-11)8(6)10/h1-2H,3,12H2. The Hall–Kier alpha value is -1.27. The van der Waals surface area contributed by atoms with Crippen molar-refractivity contribution in [2.75, 3.05) is 5.73 Å². The number of benzene rings is 1. The highest BCUT2D eigenvalue weighted by Crippen LogP contribution is 2.23. The summed E-state index contributed by atoms with van der Waals surface area (Å²) in [5, 5.41) is 8.34. The molecule has 1 rings (SSSR count). The molecule has 0 saturated carbocycles. The molecule has 2 N–H and O–H groups in total. The molecule has 0 spiro atoms. The summed E-state index contributed by atoms with van der Waals surface area (Å²) in [7, 11) is 0. The molecule has 0 unspecified atom stereocenters. The maximum absolute atomic E-state index is 13.1. The molecule has 62 valence electrons. The largest absolute Gasteiger partial charge is 0.398 e. The molecular formula is C8H6ClFN2. The van der Waals surface area contributed by atoms with Gasteiger partial charge in [-0.15, -0.1) is 0 Å². The number of halogens is 2. The summed E-state index contributed by atoms with van der Waals surface area (Å²) in [4.78, 5) is 0. The highest BCUT2D eigenvalue weighted by molar-refractivity contribution is 6.30. The fourth-order valence-corrected chi connectivity index (χ4v) is 1.04. The van der Waals surface area contributed by atoms with Crippen LogP contribution in [0.25, 0.3) is 0 Å². The molecule has 0 bridgehead atoms. The van der Waals surface area contributed by atoms with Crippen LogP contribution in [0, 0.1) is 17.1 Å². The monoisotopic (exact) mass is 184 g/mol. The predicted molar refractivity (Wildman–Crippen MR) is 45.1 cm³/mol. The van der Waals surface area contributed by atoms with Crippen molar-refractivity contribution < 1.29 is 4.39 Å². The number of hydrogen-bond donors (Lipinski definition) is 1. The van der Waals surface area contributed by atoms with Crippen LogP contribution in [0.2, 0.25) is 5.02 Å². The lowest BCUT2D eigenvalue weighted by molar-refractivity contribution is 0.616. The lowest BCUT2D eigenvalue weighted by Gasteiger charge is -2.03. The lowest BCUT2D eigenvalue weighted by atomic mass is 10.1. The molecule has 4 heteroatoms. The van der Waals surface area contributed by atoms with E-state index < -0.39 is 5.82 Å². The number of nitrogens with zero attached hydrogens (tertiary/aromatic N) is 1. The third kappa shape index (κ3) is 1.49. The third-order valence-electron chi connectivity index (χ3n) is 1.49. The van der Waals surface area contributed by atoms with Gasteiger partial charge in [0.2, 0.25) is 0 Å². The normalized spacial score (nSPS) is 9.42. The van der Waals surface area contributed by atoms with E-state index in [1.54, 1.807) is 0 Å². The minimum absolute atomic E-state index is 0.00514. The van der Waals surface area contributed by atoms with Crippen LogP contribution in [-0.4, -0.2) is 0 Å². The maximum Gasteiger partial charge on any atom is 0.148 e. The Morgan fingerprint density at radius 2 is 2.25 bits per heavy atom. The number of nitrogens with two attached hydrogens (primary N) is 1. The molecule has 0 aliphatic carbocycles. The lowest BCUT2D eigenvalue weighted by Crippen LogP contribution is -1.97. The summed E-state index contributed by atoms with van der Waals surface area (Å²) in [6, 6.07) is 4.67. The zero-order chi connectivity index (χ0) is 9.14. The summed E-state index contributed by atoms with van der Waals surface area (Å²) < 4.78 is 13.1. The van der Waals surface area contributed by atoms with Gasteiger partial charge < -0.3 is 5.73 Å². The molecule has 0 radical (unpaired) electrons. The van der Waals surface area contributed by atoms with Gasteiger partial charge in [-0.3, -0.25) is 0 Å². The number of rotatable bonds is 1. The molecule has 1 aromatic rings. The number of hydrogen-bond acceptors (Lipinski definition) is 2. The van der Waals surface area contributed by atoms with Crippen LogP contribution in [0.15, 0.2) is 12.1 Å². The van der Waals surface area contributed by atoms with E-state index in [-0.39, 0.29) is 22.7 Å². The van der Waals surface area contributed by atoms with Crippen LogP contribution in [-0.2, 0) is 6.42 Å². The van der Waals surface area contributed by atoms with E-state index in [1.807, 2.05) is 6.07 Å². The predicted octanol–water partition coefficient (Wildman–Crippen LogP) is 2.13. The first-order valence-electron chi connectivity index (χ1n) is 3.26. The molecule has 0 atom stereocenters. The molecule has 0 heterocycles. The molecule has 0 amide bonds. The van der Waals surface area contributed by atoms with E-state index in [2.05, 4.69) is 0 Å². The topological polar surface area (TPSA) is 49.8 Å². The van der Waals surface area contributed by atoms with Gasteiger partial charge in [0, 0.05) is 11.3 Å². The van der Waals surface area contributed by atoms with E-state index >= 15 is 0 Å². The average molecular weight is 185 g/mol. The zero-order valence-corrected chi connectivity index (χ0v) is 6.90. The highest BCUT2D eigenvalue weighted by Gasteiger charge is 2.09. The van der Waals surface area contributed by atoms with Crippen LogP contribution in [0.5, 0.6) is 0 Å². The Morgan fingerprint density at radius 3 is 2.83 bits per heavy atom. The second-order valence-electron chi connectivity index (χ2n) is 2.26. The quantitative estimate of drug-likeness (QED) is 0.680. The van der Waals surface area contributed by atoms with E-state index in [0.717, 1.165) is 0 Å². The van der Waals surface area contributed by atoms with Crippen molar-refractivity contribution in [1.29, 1.82) is 5.26 Å². The number of nitriles is 1. The molecule has 2 nitrogen and oxygen atoms in total. The second-order valence-corrected chi connectivity index (χ2v) is 2.67. The SMILES string of the molecule is N#CCc1c(N)ccc(Cl)c1F. The first kappa shape index (κ1) is 8.82. The fraction of sp³-hybridized carbons (Fsp3) is 0.125. The van der Waals surface area contributed by atoms with E-state index in [1.165, 1.54) is 12.1 Å². The van der Waals surface area contributed by atoms with Crippen LogP contribution >= 0.6 is 11.6 Å². The summed E-state index contributed by atoms with van der Waals surface area (Å²) in [5.74, 6) is -0.599. The molecule has 0 saturated heterocycles. The van der Waals surface area contributed by atoms with Gasteiger partial charge in [0.25, 0.3) is 0 Å². The zero-order valence-electron chi connectivity index (χ0n) is 6.14. The number of anilines is 1. The molecule has 0 aliphatic heterocycles. The Bertz CT molecular complexity index is 344. The Labute approximate surface area is 74.4 Å². The Morgan fingerprint density at radius 1 is 1.58 bits per heavy atom. The summed E-state index contributed by atoms with van der Waals surface area (Å²) in [5.41, 5.74) is 5.86. The minimum Gasteiger partial charge on any atom is -0.398 e. The van der Waals surface area contributed by atoms with Gasteiger partial charge in [0.15, 0.2) is 0 Å².